The van der Waals surface area contributed by atoms with Crippen LogP contribution in [0.2, 0.25) is 5.02 Å². The largest absolute Gasteiger partial charge is 0.434 e. The van der Waals surface area contributed by atoms with Crippen LogP contribution in [0.5, 0.6) is 0 Å². The molecule has 0 radical (unpaired) electrons. The molecule has 0 aliphatic carbocycles. The Balaban J connectivity index is 1.67. The van der Waals surface area contributed by atoms with Crippen molar-refractivity contribution in [3.8, 4) is 11.5 Å². The topological polar surface area (TPSA) is 68.0 Å². The quantitative estimate of drug-likeness (QED) is 0.549. The van der Waals surface area contributed by atoms with Gasteiger partial charge in [-0.15, -0.1) is 0 Å². The first-order chi connectivity index (χ1) is 12.6. The number of hydrogen-bond donors (Lipinski definition) is 1. The third-order valence-electron chi connectivity index (χ3n) is 3.90. The molecule has 0 saturated heterocycles. The molecule has 0 bridgehead atoms. The molecule has 128 valence electrons. The van der Waals surface area contributed by atoms with Crippen molar-refractivity contribution in [2.24, 2.45) is 0 Å². The number of anilines is 1. The Morgan fingerprint density at radius 3 is 2.81 bits per heavy atom. The zero-order chi connectivity index (χ0) is 18.1. The lowest BCUT2D eigenvalue weighted by atomic mass is 10.1. The zero-order valence-electron chi connectivity index (χ0n) is 13.9. The van der Waals surface area contributed by atoms with Crippen molar-refractivity contribution in [1.82, 2.24) is 9.97 Å². The second kappa shape index (κ2) is 6.61. The number of hydrogen-bond acceptors (Lipinski definition) is 4. The van der Waals surface area contributed by atoms with E-state index in [-0.39, 0.29) is 5.91 Å². The minimum absolute atomic E-state index is 0.193. The summed E-state index contributed by atoms with van der Waals surface area (Å²) in [7, 11) is 0. The Morgan fingerprint density at radius 2 is 2.00 bits per heavy atom. The molecule has 26 heavy (non-hydrogen) atoms. The molecule has 4 rings (SSSR count). The summed E-state index contributed by atoms with van der Waals surface area (Å²) in [5.74, 6) is 0.163. The second-order valence-electron chi connectivity index (χ2n) is 5.86. The first-order valence-electron chi connectivity index (χ1n) is 8.00. The van der Waals surface area contributed by atoms with E-state index in [0.29, 0.717) is 39.0 Å². The van der Waals surface area contributed by atoms with Crippen LogP contribution in [0.25, 0.3) is 22.7 Å². The average Bonchev–Trinajstić information content (AvgIpc) is 3.07. The van der Waals surface area contributed by atoms with E-state index in [4.69, 9.17) is 16.0 Å². The van der Waals surface area contributed by atoms with Crippen LogP contribution >= 0.6 is 11.6 Å². The highest BCUT2D eigenvalue weighted by Gasteiger charge is 2.14. The number of carbonyl (C=O) groups is 1. The predicted octanol–water partition coefficient (Wildman–Crippen LogP) is 5.10. The summed E-state index contributed by atoms with van der Waals surface area (Å²) in [6.45, 7) is 1.94. The van der Waals surface area contributed by atoms with E-state index in [0.717, 1.165) is 5.56 Å². The number of rotatable bonds is 3. The molecule has 0 atom stereocenters. The predicted molar refractivity (Wildman–Crippen MR) is 101 cm³/mol. The van der Waals surface area contributed by atoms with Crippen LogP contribution in [0.15, 0.2) is 65.2 Å². The van der Waals surface area contributed by atoms with Gasteiger partial charge in [-0.1, -0.05) is 29.3 Å². The molecule has 2 aromatic heterocycles. The number of aromatic nitrogens is 2. The maximum atomic E-state index is 12.4. The summed E-state index contributed by atoms with van der Waals surface area (Å²) in [5.41, 5.74) is 3.89. The van der Waals surface area contributed by atoms with Gasteiger partial charge in [-0.05, 0) is 49.4 Å². The highest BCUT2D eigenvalue weighted by atomic mass is 35.5. The molecular formula is C20H14ClN3O2. The summed E-state index contributed by atoms with van der Waals surface area (Å²) in [6, 6.07) is 16.1. The van der Waals surface area contributed by atoms with Gasteiger partial charge < -0.3 is 9.73 Å². The molecule has 2 aromatic carbocycles. The van der Waals surface area contributed by atoms with Crippen molar-refractivity contribution < 1.29 is 9.21 Å². The van der Waals surface area contributed by atoms with Crippen LogP contribution < -0.4 is 5.32 Å². The van der Waals surface area contributed by atoms with Crippen molar-refractivity contribution >= 4 is 34.4 Å². The first-order valence-corrected chi connectivity index (χ1v) is 8.37. The Labute approximate surface area is 154 Å². The van der Waals surface area contributed by atoms with Gasteiger partial charge in [0.05, 0.1) is 10.6 Å². The Hall–Kier alpha value is -3.18. The molecule has 6 heteroatoms. The summed E-state index contributed by atoms with van der Waals surface area (Å²) < 4.78 is 5.72. The number of nitrogens with zero attached hydrogens (tertiary/aromatic N) is 2. The van der Waals surface area contributed by atoms with Crippen LogP contribution in [-0.4, -0.2) is 15.9 Å². The van der Waals surface area contributed by atoms with Gasteiger partial charge in [0, 0.05) is 17.4 Å². The lowest BCUT2D eigenvalue weighted by Crippen LogP contribution is -2.12. The van der Waals surface area contributed by atoms with Gasteiger partial charge in [0.1, 0.15) is 0 Å². The fourth-order valence-corrected chi connectivity index (χ4v) is 2.84. The number of benzene rings is 2. The fraction of sp³-hybridized carbons (Fsp3) is 0.0500. The maximum Gasteiger partial charge on any atom is 0.255 e. The standard InChI is InChI=1S/C20H14ClN3O2/c1-12-4-2-5-13(10-12)19(25)23-14-7-8-16(21)15(11-14)20-24-18-17(26-20)6-3-9-22-18/h2-11H,1H3,(H,23,25). The second-order valence-corrected chi connectivity index (χ2v) is 6.27. The fourth-order valence-electron chi connectivity index (χ4n) is 2.64. The van der Waals surface area contributed by atoms with Gasteiger partial charge in [0.25, 0.3) is 5.91 Å². The minimum atomic E-state index is -0.193. The third-order valence-corrected chi connectivity index (χ3v) is 4.23. The lowest BCUT2D eigenvalue weighted by molar-refractivity contribution is 0.102. The van der Waals surface area contributed by atoms with Crippen LogP contribution in [0, 0.1) is 6.92 Å². The van der Waals surface area contributed by atoms with Gasteiger partial charge in [0.2, 0.25) is 5.89 Å². The lowest BCUT2D eigenvalue weighted by Gasteiger charge is -2.08. The molecule has 0 saturated carbocycles. The van der Waals surface area contributed by atoms with Crippen molar-refractivity contribution in [1.29, 1.82) is 0 Å². The van der Waals surface area contributed by atoms with E-state index in [1.807, 2.05) is 25.1 Å². The summed E-state index contributed by atoms with van der Waals surface area (Å²) in [5, 5.41) is 3.35. The number of halogens is 1. The van der Waals surface area contributed by atoms with E-state index in [1.165, 1.54) is 0 Å². The van der Waals surface area contributed by atoms with E-state index in [1.54, 1.807) is 42.6 Å². The SMILES string of the molecule is Cc1cccc(C(=O)Nc2ccc(Cl)c(-c3nc4ncccc4o3)c2)c1. The molecular weight excluding hydrogens is 350 g/mol. The van der Waals surface area contributed by atoms with E-state index in [2.05, 4.69) is 15.3 Å². The first kappa shape index (κ1) is 16.3. The van der Waals surface area contributed by atoms with Crippen LogP contribution in [0.4, 0.5) is 5.69 Å². The molecule has 0 aliphatic heterocycles. The molecule has 1 amide bonds. The number of amides is 1. The van der Waals surface area contributed by atoms with Crippen LogP contribution in [0.3, 0.4) is 0 Å². The van der Waals surface area contributed by atoms with Crippen molar-refractivity contribution in [3.05, 3.63) is 76.9 Å². The molecule has 0 fully saturated rings. The van der Waals surface area contributed by atoms with Crippen LogP contribution in [0.1, 0.15) is 15.9 Å². The maximum absolute atomic E-state index is 12.4. The Kier molecular flexibility index (Phi) is 4.14. The molecule has 0 unspecified atom stereocenters. The summed E-state index contributed by atoms with van der Waals surface area (Å²) >= 11 is 6.30. The van der Waals surface area contributed by atoms with E-state index in [9.17, 15) is 4.79 Å². The van der Waals surface area contributed by atoms with Gasteiger partial charge in [0.15, 0.2) is 11.2 Å². The number of aryl methyl sites for hydroxylation is 1. The number of fused-ring (bicyclic) bond motifs is 1. The van der Waals surface area contributed by atoms with Crippen molar-refractivity contribution in [3.63, 3.8) is 0 Å². The molecule has 0 aliphatic rings. The summed E-state index contributed by atoms with van der Waals surface area (Å²) in [4.78, 5) is 21.0. The molecule has 4 aromatic rings. The number of carbonyl (C=O) groups excluding carboxylic acids is 1. The number of oxazole rings is 1. The van der Waals surface area contributed by atoms with Gasteiger partial charge in [-0.3, -0.25) is 4.79 Å². The Bertz CT molecular complexity index is 1090. The van der Waals surface area contributed by atoms with Crippen molar-refractivity contribution in [2.45, 2.75) is 6.92 Å². The molecule has 0 spiro atoms. The van der Waals surface area contributed by atoms with E-state index < -0.39 is 0 Å². The average molecular weight is 364 g/mol. The molecule has 2 heterocycles. The third kappa shape index (κ3) is 3.17. The van der Waals surface area contributed by atoms with Gasteiger partial charge in [-0.2, -0.15) is 4.98 Å². The molecule has 5 nitrogen and oxygen atoms in total. The van der Waals surface area contributed by atoms with Crippen LogP contribution in [-0.2, 0) is 0 Å². The zero-order valence-corrected chi connectivity index (χ0v) is 14.6. The molecule has 1 N–H and O–H groups in total. The number of nitrogens with one attached hydrogen (secondary N) is 1. The minimum Gasteiger partial charge on any atom is -0.434 e. The smallest absolute Gasteiger partial charge is 0.255 e. The van der Waals surface area contributed by atoms with E-state index >= 15 is 0 Å². The monoisotopic (exact) mass is 363 g/mol. The Morgan fingerprint density at radius 1 is 1.12 bits per heavy atom. The van der Waals surface area contributed by atoms with Crippen molar-refractivity contribution in [2.75, 3.05) is 5.32 Å². The summed E-state index contributed by atoms with van der Waals surface area (Å²) in [6.07, 6.45) is 1.65. The van der Waals surface area contributed by atoms with Gasteiger partial charge in [-0.25, -0.2) is 4.98 Å². The normalized spacial score (nSPS) is 10.8. The number of pyridine rings is 1. The van der Waals surface area contributed by atoms with Gasteiger partial charge >= 0.3 is 0 Å². The highest BCUT2D eigenvalue weighted by molar-refractivity contribution is 6.33. The highest BCUT2D eigenvalue weighted by Crippen LogP contribution is 2.32.